The summed E-state index contributed by atoms with van der Waals surface area (Å²) in [5, 5.41) is 3.07. The molecule has 4 heteroatoms. The zero-order chi connectivity index (χ0) is 14.8. The summed E-state index contributed by atoms with van der Waals surface area (Å²) >= 11 is 0. The second kappa shape index (κ2) is 9.04. The van der Waals surface area contributed by atoms with E-state index in [-0.39, 0.29) is 0 Å². The molecule has 0 bridgehead atoms. The van der Waals surface area contributed by atoms with Gasteiger partial charge in [-0.1, -0.05) is 36.4 Å². The Morgan fingerprint density at radius 2 is 2.00 bits per heavy atom. The van der Waals surface area contributed by atoms with Crippen molar-refractivity contribution in [2.45, 2.75) is 19.3 Å². The van der Waals surface area contributed by atoms with E-state index in [1.54, 1.807) is 0 Å². The van der Waals surface area contributed by atoms with Gasteiger partial charge in [0.05, 0.1) is 0 Å². The fourth-order valence-corrected chi connectivity index (χ4v) is 2.06. The number of benzene rings is 1. The van der Waals surface area contributed by atoms with Gasteiger partial charge in [0.2, 0.25) is 0 Å². The van der Waals surface area contributed by atoms with Gasteiger partial charge >= 0.3 is 0 Å². The first-order valence-corrected chi connectivity index (χ1v) is 6.78. The Morgan fingerprint density at radius 1 is 1.30 bits per heavy atom. The third-order valence-corrected chi connectivity index (χ3v) is 3.04. The molecule has 20 heavy (non-hydrogen) atoms. The highest BCUT2D eigenvalue weighted by Gasteiger charge is 2.05. The van der Waals surface area contributed by atoms with Gasteiger partial charge in [0.1, 0.15) is 12.5 Å². The molecule has 1 rings (SSSR count). The summed E-state index contributed by atoms with van der Waals surface area (Å²) in [5.41, 5.74) is 9.36. The fourth-order valence-electron chi connectivity index (χ4n) is 2.06. The molecule has 108 valence electrons. The lowest BCUT2D eigenvalue weighted by molar-refractivity contribution is 0.933. The molecule has 3 N–H and O–H groups in total. The first kappa shape index (κ1) is 16.1. The van der Waals surface area contributed by atoms with Gasteiger partial charge < -0.3 is 11.1 Å². The van der Waals surface area contributed by atoms with Crippen molar-refractivity contribution in [1.29, 1.82) is 0 Å². The summed E-state index contributed by atoms with van der Waals surface area (Å²) < 4.78 is 0. The Kier molecular flexibility index (Phi) is 7.29. The molecule has 0 aliphatic heterocycles. The predicted octanol–water partition coefficient (Wildman–Crippen LogP) is 1.95. The van der Waals surface area contributed by atoms with Gasteiger partial charge in [-0.2, -0.15) is 0 Å². The normalized spacial score (nSPS) is 11.2. The molecule has 1 aromatic rings. The molecule has 4 nitrogen and oxygen atoms in total. The molecule has 0 aliphatic carbocycles. The van der Waals surface area contributed by atoms with E-state index in [0.717, 1.165) is 30.7 Å². The molecule has 0 fully saturated rings. The Morgan fingerprint density at radius 3 is 2.60 bits per heavy atom. The zero-order valence-corrected chi connectivity index (χ0v) is 12.2. The molecule has 0 aliphatic rings. The van der Waals surface area contributed by atoms with Crippen molar-refractivity contribution in [2.75, 3.05) is 20.3 Å². The number of amidine groups is 1. The molecule has 0 amide bonds. The van der Waals surface area contributed by atoms with Crippen LogP contribution in [0.5, 0.6) is 0 Å². The maximum Gasteiger partial charge on any atom is 0.130 e. The van der Waals surface area contributed by atoms with Crippen molar-refractivity contribution in [3.8, 4) is 0 Å². The monoisotopic (exact) mass is 272 g/mol. The molecule has 0 atom stereocenters. The van der Waals surface area contributed by atoms with Gasteiger partial charge in [0.15, 0.2) is 0 Å². The van der Waals surface area contributed by atoms with Crippen LogP contribution in [0.3, 0.4) is 0 Å². The number of aliphatic imine (C=N–C) groups is 2. The van der Waals surface area contributed by atoms with Crippen LogP contribution in [0.25, 0.3) is 0 Å². The summed E-state index contributed by atoms with van der Waals surface area (Å²) in [4.78, 5) is 8.03. The molecule has 0 saturated carbocycles. The van der Waals surface area contributed by atoms with Gasteiger partial charge in [0.25, 0.3) is 0 Å². The van der Waals surface area contributed by atoms with Crippen LogP contribution in [0.1, 0.15) is 17.5 Å². The van der Waals surface area contributed by atoms with Crippen molar-refractivity contribution in [2.24, 2.45) is 15.7 Å². The Balaban J connectivity index is 2.68. The molecule has 0 radical (unpaired) electrons. The van der Waals surface area contributed by atoms with Gasteiger partial charge in [-0.3, -0.25) is 4.99 Å². The van der Waals surface area contributed by atoms with Crippen LogP contribution >= 0.6 is 0 Å². The summed E-state index contributed by atoms with van der Waals surface area (Å²) in [7, 11) is 1.86. The topological polar surface area (TPSA) is 62.8 Å². The van der Waals surface area contributed by atoms with Crippen molar-refractivity contribution in [3.63, 3.8) is 0 Å². The van der Waals surface area contributed by atoms with E-state index in [2.05, 4.69) is 46.8 Å². The lowest BCUT2D eigenvalue weighted by Crippen LogP contribution is -2.19. The van der Waals surface area contributed by atoms with Gasteiger partial charge in [0, 0.05) is 13.5 Å². The number of rotatable bonds is 8. The third-order valence-electron chi connectivity index (χ3n) is 3.04. The van der Waals surface area contributed by atoms with Crippen molar-refractivity contribution in [3.05, 3.63) is 47.5 Å². The van der Waals surface area contributed by atoms with Crippen LogP contribution in [0.4, 0.5) is 0 Å². The van der Waals surface area contributed by atoms with Gasteiger partial charge in [-0.05, 0) is 37.2 Å². The minimum Gasteiger partial charge on any atom is -0.377 e. The van der Waals surface area contributed by atoms with Crippen molar-refractivity contribution < 1.29 is 0 Å². The largest absolute Gasteiger partial charge is 0.377 e. The van der Waals surface area contributed by atoms with Crippen LogP contribution in [0.2, 0.25) is 0 Å². The minimum atomic E-state index is 0.382. The average Bonchev–Trinajstić information content (AvgIpc) is 2.45. The van der Waals surface area contributed by atoms with Crippen molar-refractivity contribution >= 4 is 12.6 Å². The third kappa shape index (κ3) is 5.36. The van der Waals surface area contributed by atoms with Gasteiger partial charge in [-0.15, -0.1) is 0 Å². The highest BCUT2D eigenvalue weighted by Crippen LogP contribution is 2.15. The minimum absolute atomic E-state index is 0.382. The smallest absolute Gasteiger partial charge is 0.130 e. The van der Waals surface area contributed by atoms with Crippen LogP contribution < -0.4 is 11.1 Å². The van der Waals surface area contributed by atoms with Crippen molar-refractivity contribution in [1.82, 2.24) is 5.32 Å². The molecule has 0 spiro atoms. The van der Waals surface area contributed by atoms with E-state index >= 15 is 0 Å². The Labute approximate surface area is 121 Å². The maximum atomic E-state index is 5.65. The number of hydrogen-bond donors (Lipinski definition) is 2. The molecule has 0 heterocycles. The number of hydrogen-bond acceptors (Lipinski definition) is 3. The summed E-state index contributed by atoms with van der Waals surface area (Å²) in [6.45, 7) is 8.62. The highest BCUT2D eigenvalue weighted by atomic mass is 15.0. The van der Waals surface area contributed by atoms with Crippen LogP contribution in [-0.2, 0) is 12.8 Å². The number of nitrogens with two attached hydrogens (primary N) is 1. The molecule has 1 aromatic carbocycles. The van der Waals surface area contributed by atoms with E-state index in [0.29, 0.717) is 13.2 Å². The van der Waals surface area contributed by atoms with Crippen LogP contribution in [-0.4, -0.2) is 32.8 Å². The molecular weight excluding hydrogens is 248 g/mol. The first-order valence-electron chi connectivity index (χ1n) is 6.78. The number of nitrogens with one attached hydrogen (secondary N) is 1. The van der Waals surface area contributed by atoms with E-state index in [4.69, 9.17) is 5.73 Å². The van der Waals surface area contributed by atoms with E-state index in [1.807, 2.05) is 13.1 Å². The van der Waals surface area contributed by atoms with Crippen LogP contribution in [0.15, 0.2) is 46.4 Å². The molecule has 0 unspecified atom stereocenters. The van der Waals surface area contributed by atoms with Gasteiger partial charge in [-0.25, -0.2) is 4.99 Å². The SMILES string of the molecule is C=NC/N=C(\CC(=C)Cc1ccccc1CCN)NC. The summed E-state index contributed by atoms with van der Waals surface area (Å²) in [6, 6.07) is 8.37. The Hall–Kier alpha value is -1.94. The van der Waals surface area contributed by atoms with E-state index in [1.165, 1.54) is 11.1 Å². The Bertz CT molecular complexity index is 477. The summed E-state index contributed by atoms with van der Waals surface area (Å²) in [5.74, 6) is 0.888. The van der Waals surface area contributed by atoms with Crippen LogP contribution in [0, 0.1) is 0 Å². The standard InChI is InChI=1S/C16H24N4/c1-13(11-16(19-3)20-12-18-2)10-15-7-5-4-6-14(15)8-9-17/h4-7H,1-2,8-12,17H2,3H3,(H,19,20). The zero-order valence-electron chi connectivity index (χ0n) is 12.2. The average molecular weight is 272 g/mol. The fraction of sp³-hybridized carbons (Fsp3) is 0.375. The quantitative estimate of drug-likeness (QED) is 0.431. The van der Waals surface area contributed by atoms with E-state index in [9.17, 15) is 0 Å². The molecular formula is C16H24N4. The lowest BCUT2D eigenvalue weighted by Gasteiger charge is -2.12. The second-order valence-electron chi connectivity index (χ2n) is 4.63. The molecule has 0 saturated heterocycles. The first-order chi connectivity index (χ1) is 9.71. The summed E-state index contributed by atoms with van der Waals surface area (Å²) in [6.07, 6.45) is 2.47. The molecule has 0 aromatic heterocycles. The predicted molar refractivity (Wildman–Crippen MR) is 87.6 cm³/mol. The maximum absolute atomic E-state index is 5.65. The lowest BCUT2D eigenvalue weighted by atomic mass is 9.97. The van der Waals surface area contributed by atoms with E-state index < -0.39 is 0 Å². The highest BCUT2D eigenvalue weighted by molar-refractivity contribution is 5.84. The number of nitrogens with zero attached hydrogens (tertiary/aromatic N) is 2. The second-order valence-corrected chi connectivity index (χ2v) is 4.63.